The smallest absolute Gasteiger partial charge is 0.272 e. The Morgan fingerprint density at radius 3 is 2.62 bits per heavy atom. The highest BCUT2D eigenvalue weighted by Crippen LogP contribution is 2.24. The second-order valence-corrected chi connectivity index (χ2v) is 3.83. The molecule has 5 heteroatoms. The van der Waals surface area contributed by atoms with Crippen LogP contribution in [0.3, 0.4) is 0 Å². The number of morpholine rings is 1. The van der Waals surface area contributed by atoms with E-state index < -0.39 is 0 Å². The number of aryl methyl sites for hydroxylation is 1. The zero-order valence-corrected chi connectivity index (χ0v) is 9.18. The lowest BCUT2D eigenvalue weighted by molar-refractivity contribution is -0.385. The van der Waals surface area contributed by atoms with E-state index in [0.29, 0.717) is 5.56 Å². The molecule has 0 N–H and O–H groups in total. The van der Waals surface area contributed by atoms with E-state index in [1.807, 2.05) is 6.07 Å². The third-order valence-corrected chi connectivity index (χ3v) is 2.75. The second-order valence-electron chi connectivity index (χ2n) is 3.83. The van der Waals surface area contributed by atoms with E-state index in [1.165, 1.54) is 0 Å². The summed E-state index contributed by atoms with van der Waals surface area (Å²) in [5.41, 5.74) is 1.91. The maximum absolute atomic E-state index is 10.7. The molecule has 0 spiro atoms. The first-order valence-electron chi connectivity index (χ1n) is 5.26. The van der Waals surface area contributed by atoms with Gasteiger partial charge in [0.25, 0.3) is 5.69 Å². The number of hydrogen-bond acceptors (Lipinski definition) is 4. The predicted molar refractivity (Wildman–Crippen MR) is 60.9 cm³/mol. The summed E-state index contributed by atoms with van der Waals surface area (Å²) in [6.07, 6.45) is 0. The number of rotatable bonds is 2. The molecule has 1 heterocycles. The highest BCUT2D eigenvalue weighted by molar-refractivity contribution is 5.55. The molecule has 1 fully saturated rings. The van der Waals surface area contributed by atoms with Gasteiger partial charge in [0.2, 0.25) is 0 Å². The maximum atomic E-state index is 10.7. The molecule has 1 saturated heterocycles. The number of nitro benzene ring substituents is 1. The molecule has 1 aromatic rings. The van der Waals surface area contributed by atoms with E-state index in [0.717, 1.165) is 32.0 Å². The van der Waals surface area contributed by atoms with Crippen LogP contribution in [0.25, 0.3) is 0 Å². The van der Waals surface area contributed by atoms with Gasteiger partial charge in [0.1, 0.15) is 0 Å². The molecule has 86 valence electrons. The summed E-state index contributed by atoms with van der Waals surface area (Å²) in [4.78, 5) is 12.5. The van der Waals surface area contributed by atoms with Crippen LogP contribution < -0.4 is 4.90 Å². The summed E-state index contributed by atoms with van der Waals surface area (Å²) in [6, 6.07) is 5.24. The molecule has 0 atom stereocenters. The Balaban J connectivity index is 2.23. The molecule has 5 nitrogen and oxygen atoms in total. The molecule has 0 aliphatic carbocycles. The van der Waals surface area contributed by atoms with Crippen LogP contribution in [0.1, 0.15) is 5.56 Å². The lowest BCUT2D eigenvalue weighted by atomic mass is 10.1. The zero-order chi connectivity index (χ0) is 11.5. The summed E-state index contributed by atoms with van der Waals surface area (Å²) in [5.74, 6) is 0. The van der Waals surface area contributed by atoms with Crippen molar-refractivity contribution >= 4 is 11.4 Å². The van der Waals surface area contributed by atoms with Crippen LogP contribution in [0, 0.1) is 17.0 Å². The van der Waals surface area contributed by atoms with Gasteiger partial charge in [-0.15, -0.1) is 0 Å². The molecule has 0 saturated carbocycles. The van der Waals surface area contributed by atoms with Crippen molar-refractivity contribution in [2.45, 2.75) is 6.92 Å². The van der Waals surface area contributed by atoms with Gasteiger partial charge in [0.05, 0.1) is 18.1 Å². The van der Waals surface area contributed by atoms with E-state index >= 15 is 0 Å². The Kier molecular flexibility index (Phi) is 3.05. The Morgan fingerprint density at radius 1 is 1.38 bits per heavy atom. The fraction of sp³-hybridized carbons (Fsp3) is 0.455. The van der Waals surface area contributed by atoms with Gasteiger partial charge in [0, 0.05) is 30.4 Å². The topological polar surface area (TPSA) is 55.6 Å². The van der Waals surface area contributed by atoms with Gasteiger partial charge in [-0.2, -0.15) is 0 Å². The first-order valence-corrected chi connectivity index (χ1v) is 5.26. The van der Waals surface area contributed by atoms with Gasteiger partial charge in [-0.25, -0.2) is 0 Å². The molecule has 16 heavy (non-hydrogen) atoms. The van der Waals surface area contributed by atoms with Gasteiger partial charge in [-0.05, 0) is 19.1 Å². The van der Waals surface area contributed by atoms with Crippen LogP contribution >= 0.6 is 0 Å². The average molecular weight is 222 g/mol. The van der Waals surface area contributed by atoms with Crippen molar-refractivity contribution < 1.29 is 9.66 Å². The van der Waals surface area contributed by atoms with Crippen molar-refractivity contribution in [1.82, 2.24) is 0 Å². The Labute approximate surface area is 93.8 Å². The SMILES string of the molecule is Cc1cc(N2CCOCC2)ccc1[N+](=O)[O-]. The van der Waals surface area contributed by atoms with Gasteiger partial charge in [0.15, 0.2) is 0 Å². The highest BCUT2D eigenvalue weighted by Gasteiger charge is 2.15. The molecular weight excluding hydrogens is 208 g/mol. The van der Waals surface area contributed by atoms with Gasteiger partial charge < -0.3 is 9.64 Å². The minimum atomic E-state index is -0.349. The number of nitrogens with zero attached hydrogens (tertiary/aromatic N) is 2. The molecule has 1 aliphatic heterocycles. The fourth-order valence-electron chi connectivity index (χ4n) is 1.86. The van der Waals surface area contributed by atoms with E-state index in [9.17, 15) is 10.1 Å². The van der Waals surface area contributed by atoms with Crippen molar-refractivity contribution in [1.29, 1.82) is 0 Å². The van der Waals surface area contributed by atoms with Crippen molar-refractivity contribution in [2.24, 2.45) is 0 Å². The van der Waals surface area contributed by atoms with E-state index in [1.54, 1.807) is 19.1 Å². The molecule has 0 amide bonds. The number of anilines is 1. The van der Waals surface area contributed by atoms with E-state index in [2.05, 4.69) is 4.90 Å². The summed E-state index contributed by atoms with van der Waals surface area (Å²) in [6.45, 7) is 4.89. The standard InChI is InChI=1S/C11H14N2O3/c1-9-8-10(2-3-11(9)13(14)15)12-4-6-16-7-5-12/h2-3,8H,4-7H2,1H3. The van der Waals surface area contributed by atoms with Gasteiger partial charge >= 0.3 is 0 Å². The summed E-state index contributed by atoms with van der Waals surface area (Å²) in [7, 11) is 0. The highest BCUT2D eigenvalue weighted by atomic mass is 16.6. The first-order chi connectivity index (χ1) is 7.68. The van der Waals surface area contributed by atoms with Crippen LogP contribution in [-0.2, 0) is 4.74 Å². The Morgan fingerprint density at radius 2 is 2.06 bits per heavy atom. The summed E-state index contributed by atoms with van der Waals surface area (Å²) in [5, 5.41) is 10.7. The monoisotopic (exact) mass is 222 g/mol. The normalized spacial score (nSPS) is 16.2. The van der Waals surface area contributed by atoms with E-state index in [-0.39, 0.29) is 10.6 Å². The lowest BCUT2D eigenvalue weighted by Gasteiger charge is -2.28. The third kappa shape index (κ3) is 2.14. The van der Waals surface area contributed by atoms with Crippen LogP contribution in [0.2, 0.25) is 0 Å². The van der Waals surface area contributed by atoms with Crippen molar-refractivity contribution in [3.8, 4) is 0 Å². The minimum Gasteiger partial charge on any atom is -0.378 e. The molecule has 1 aromatic carbocycles. The molecule has 2 rings (SSSR count). The molecular formula is C11H14N2O3. The van der Waals surface area contributed by atoms with Crippen LogP contribution in [-0.4, -0.2) is 31.2 Å². The maximum Gasteiger partial charge on any atom is 0.272 e. The number of hydrogen-bond donors (Lipinski definition) is 0. The number of nitro groups is 1. The minimum absolute atomic E-state index is 0.178. The van der Waals surface area contributed by atoms with Crippen molar-refractivity contribution in [3.05, 3.63) is 33.9 Å². The summed E-state index contributed by atoms with van der Waals surface area (Å²) < 4.78 is 5.26. The molecule has 0 unspecified atom stereocenters. The fourth-order valence-corrected chi connectivity index (χ4v) is 1.86. The average Bonchev–Trinajstić information content (AvgIpc) is 2.29. The first kappa shape index (κ1) is 10.9. The second kappa shape index (κ2) is 4.49. The van der Waals surface area contributed by atoms with Crippen LogP contribution in [0.4, 0.5) is 11.4 Å². The van der Waals surface area contributed by atoms with Gasteiger partial charge in [-0.3, -0.25) is 10.1 Å². The van der Waals surface area contributed by atoms with Crippen molar-refractivity contribution in [2.75, 3.05) is 31.2 Å². The number of benzene rings is 1. The lowest BCUT2D eigenvalue weighted by Crippen LogP contribution is -2.36. The quantitative estimate of drug-likeness (QED) is 0.565. The molecule has 1 aliphatic rings. The van der Waals surface area contributed by atoms with E-state index in [4.69, 9.17) is 4.74 Å². The molecule has 0 aromatic heterocycles. The molecule has 0 bridgehead atoms. The number of ether oxygens (including phenoxy) is 1. The van der Waals surface area contributed by atoms with Crippen LogP contribution in [0.5, 0.6) is 0 Å². The Hall–Kier alpha value is -1.62. The Bertz CT molecular complexity index is 400. The third-order valence-electron chi connectivity index (χ3n) is 2.75. The van der Waals surface area contributed by atoms with Crippen LogP contribution in [0.15, 0.2) is 18.2 Å². The van der Waals surface area contributed by atoms with Gasteiger partial charge in [-0.1, -0.05) is 0 Å². The predicted octanol–water partition coefficient (Wildman–Crippen LogP) is 1.74. The molecule has 0 radical (unpaired) electrons. The summed E-state index contributed by atoms with van der Waals surface area (Å²) >= 11 is 0. The van der Waals surface area contributed by atoms with Crippen molar-refractivity contribution in [3.63, 3.8) is 0 Å². The largest absolute Gasteiger partial charge is 0.378 e. The zero-order valence-electron chi connectivity index (χ0n) is 9.18.